The zero-order valence-corrected chi connectivity index (χ0v) is 12.3. The molecule has 1 aromatic rings. The monoisotopic (exact) mass is 284 g/mol. The summed E-state index contributed by atoms with van der Waals surface area (Å²) in [4.78, 5) is 12.2. The van der Waals surface area contributed by atoms with Crippen molar-refractivity contribution in [2.75, 3.05) is 18.5 Å². The Bertz CT molecular complexity index is 421. The molecule has 0 spiro atoms. The number of aromatic nitrogens is 3. The Morgan fingerprint density at radius 2 is 1.95 bits per heavy atom. The molecule has 1 heterocycles. The van der Waals surface area contributed by atoms with Crippen LogP contribution in [0.4, 0.5) is 5.95 Å². The third kappa shape index (κ3) is 4.20. The first-order valence-corrected chi connectivity index (χ1v) is 7.27. The van der Waals surface area contributed by atoms with Crippen LogP contribution in [-0.4, -0.2) is 28.1 Å². The lowest BCUT2D eigenvalue weighted by Crippen LogP contribution is -2.29. The fourth-order valence-corrected chi connectivity index (χ4v) is 2.63. The smallest absolute Gasteiger partial charge is 0.322 e. The van der Waals surface area contributed by atoms with Crippen LogP contribution < -0.4 is 10.1 Å². The number of nitrogens with zero attached hydrogens (tertiary/aromatic N) is 3. The van der Waals surface area contributed by atoms with E-state index in [0.29, 0.717) is 18.0 Å². The molecule has 1 aliphatic rings. The summed E-state index contributed by atoms with van der Waals surface area (Å²) in [7, 11) is 0. The zero-order valence-electron chi connectivity index (χ0n) is 11.6. The number of ether oxygens (including phenoxy) is 1. The molecule has 0 bridgehead atoms. The summed E-state index contributed by atoms with van der Waals surface area (Å²) >= 11 is 5.86. The minimum atomic E-state index is 0.162. The molecule has 0 amide bonds. The van der Waals surface area contributed by atoms with Gasteiger partial charge in [-0.3, -0.25) is 0 Å². The van der Waals surface area contributed by atoms with Crippen LogP contribution in [0, 0.1) is 5.41 Å². The van der Waals surface area contributed by atoms with Gasteiger partial charge in [-0.1, -0.05) is 26.2 Å². The molecule has 106 valence electrons. The van der Waals surface area contributed by atoms with Crippen molar-refractivity contribution in [1.82, 2.24) is 15.0 Å². The van der Waals surface area contributed by atoms with Crippen LogP contribution >= 0.6 is 11.6 Å². The van der Waals surface area contributed by atoms with Crippen molar-refractivity contribution < 1.29 is 4.74 Å². The van der Waals surface area contributed by atoms with E-state index in [1.165, 1.54) is 32.1 Å². The van der Waals surface area contributed by atoms with E-state index < -0.39 is 0 Å². The highest BCUT2D eigenvalue weighted by atomic mass is 35.5. The maximum Gasteiger partial charge on any atom is 0.322 e. The second-order valence-corrected chi connectivity index (χ2v) is 5.71. The van der Waals surface area contributed by atoms with Crippen LogP contribution in [0.5, 0.6) is 6.01 Å². The van der Waals surface area contributed by atoms with Gasteiger partial charge in [0.1, 0.15) is 0 Å². The Labute approximate surface area is 119 Å². The van der Waals surface area contributed by atoms with E-state index in [-0.39, 0.29) is 11.3 Å². The van der Waals surface area contributed by atoms with Crippen molar-refractivity contribution in [1.29, 1.82) is 0 Å². The topological polar surface area (TPSA) is 59.9 Å². The Morgan fingerprint density at radius 1 is 1.21 bits per heavy atom. The highest BCUT2D eigenvalue weighted by Crippen LogP contribution is 2.35. The second kappa shape index (κ2) is 6.37. The van der Waals surface area contributed by atoms with Gasteiger partial charge in [-0.05, 0) is 36.8 Å². The van der Waals surface area contributed by atoms with E-state index in [2.05, 4.69) is 27.2 Å². The molecular weight excluding hydrogens is 264 g/mol. The van der Waals surface area contributed by atoms with Gasteiger partial charge in [0.15, 0.2) is 0 Å². The molecule has 0 atom stereocenters. The van der Waals surface area contributed by atoms with E-state index in [0.717, 1.165) is 6.54 Å². The van der Waals surface area contributed by atoms with Crippen LogP contribution in [0.1, 0.15) is 46.0 Å². The van der Waals surface area contributed by atoms with Crippen LogP contribution in [0.2, 0.25) is 5.28 Å². The Hall–Kier alpha value is -1.10. The quantitative estimate of drug-likeness (QED) is 0.899. The lowest BCUT2D eigenvalue weighted by Gasteiger charge is -2.33. The van der Waals surface area contributed by atoms with Crippen molar-refractivity contribution in [2.24, 2.45) is 5.41 Å². The third-order valence-corrected chi connectivity index (χ3v) is 3.76. The van der Waals surface area contributed by atoms with Crippen LogP contribution in [0.15, 0.2) is 0 Å². The first-order chi connectivity index (χ1) is 9.11. The van der Waals surface area contributed by atoms with Crippen molar-refractivity contribution >= 4 is 17.5 Å². The Balaban J connectivity index is 1.98. The first-order valence-electron chi connectivity index (χ1n) is 6.89. The van der Waals surface area contributed by atoms with E-state index in [1.54, 1.807) is 0 Å². The van der Waals surface area contributed by atoms with Crippen molar-refractivity contribution in [2.45, 2.75) is 46.0 Å². The minimum absolute atomic E-state index is 0.162. The van der Waals surface area contributed by atoms with E-state index in [9.17, 15) is 0 Å². The SMILES string of the molecule is CCOc1nc(Cl)nc(NCC2(C)CCCCC2)n1. The van der Waals surface area contributed by atoms with Gasteiger partial charge in [-0.25, -0.2) is 0 Å². The number of halogens is 1. The summed E-state index contributed by atoms with van der Waals surface area (Å²) in [6, 6.07) is 0.277. The van der Waals surface area contributed by atoms with Gasteiger partial charge < -0.3 is 10.1 Å². The molecule has 1 fully saturated rings. The maximum absolute atomic E-state index is 5.86. The molecule has 19 heavy (non-hydrogen) atoms. The fourth-order valence-electron chi connectivity index (χ4n) is 2.48. The van der Waals surface area contributed by atoms with Gasteiger partial charge in [0.2, 0.25) is 11.2 Å². The third-order valence-electron chi connectivity index (χ3n) is 3.59. The highest BCUT2D eigenvalue weighted by Gasteiger charge is 2.26. The first kappa shape index (κ1) is 14.3. The van der Waals surface area contributed by atoms with Gasteiger partial charge in [0, 0.05) is 6.54 Å². The molecule has 1 saturated carbocycles. The fraction of sp³-hybridized carbons (Fsp3) is 0.769. The average Bonchev–Trinajstić information content (AvgIpc) is 2.37. The number of hydrogen-bond acceptors (Lipinski definition) is 5. The van der Waals surface area contributed by atoms with Gasteiger partial charge in [-0.2, -0.15) is 15.0 Å². The molecule has 0 radical (unpaired) electrons. The average molecular weight is 285 g/mol. The lowest BCUT2D eigenvalue weighted by atomic mass is 9.76. The standard InChI is InChI=1S/C13H21ClN4O/c1-3-19-12-17-10(14)16-11(18-12)15-9-13(2)7-5-4-6-8-13/h3-9H2,1-2H3,(H,15,16,17,18). The van der Waals surface area contributed by atoms with Crippen molar-refractivity contribution in [3.63, 3.8) is 0 Å². The van der Waals surface area contributed by atoms with Crippen molar-refractivity contribution in [3.05, 3.63) is 5.28 Å². The molecular formula is C13H21ClN4O. The highest BCUT2D eigenvalue weighted by molar-refractivity contribution is 6.28. The number of hydrogen-bond donors (Lipinski definition) is 1. The molecule has 0 aromatic carbocycles. The molecule has 2 rings (SSSR count). The summed E-state index contributed by atoms with van der Waals surface area (Å²) in [6.45, 7) is 5.57. The van der Waals surface area contributed by atoms with Gasteiger partial charge in [-0.15, -0.1) is 0 Å². The number of nitrogens with one attached hydrogen (secondary N) is 1. The molecule has 1 N–H and O–H groups in total. The number of rotatable bonds is 5. The molecule has 1 aliphatic carbocycles. The van der Waals surface area contributed by atoms with Crippen LogP contribution in [0.3, 0.4) is 0 Å². The van der Waals surface area contributed by atoms with Crippen LogP contribution in [-0.2, 0) is 0 Å². The summed E-state index contributed by atoms with van der Waals surface area (Å²) in [5, 5.41) is 3.43. The lowest BCUT2D eigenvalue weighted by molar-refractivity contribution is 0.233. The predicted molar refractivity (Wildman–Crippen MR) is 75.7 cm³/mol. The zero-order chi connectivity index (χ0) is 13.7. The molecule has 5 nitrogen and oxygen atoms in total. The van der Waals surface area contributed by atoms with E-state index in [1.807, 2.05) is 6.92 Å². The largest absolute Gasteiger partial charge is 0.464 e. The summed E-state index contributed by atoms with van der Waals surface area (Å²) in [5.74, 6) is 0.496. The van der Waals surface area contributed by atoms with Crippen LogP contribution in [0.25, 0.3) is 0 Å². The molecule has 6 heteroatoms. The molecule has 0 aliphatic heterocycles. The Kier molecular flexibility index (Phi) is 4.80. The van der Waals surface area contributed by atoms with E-state index in [4.69, 9.17) is 16.3 Å². The minimum Gasteiger partial charge on any atom is -0.464 e. The van der Waals surface area contributed by atoms with Gasteiger partial charge in [0.25, 0.3) is 0 Å². The summed E-state index contributed by atoms with van der Waals surface area (Å²) < 4.78 is 5.26. The van der Waals surface area contributed by atoms with E-state index >= 15 is 0 Å². The normalized spacial score (nSPS) is 18.1. The number of anilines is 1. The molecule has 0 unspecified atom stereocenters. The predicted octanol–water partition coefficient (Wildman–Crippen LogP) is 3.31. The Morgan fingerprint density at radius 3 is 2.63 bits per heavy atom. The summed E-state index contributed by atoms with van der Waals surface area (Å²) in [6.07, 6.45) is 6.45. The second-order valence-electron chi connectivity index (χ2n) is 5.37. The van der Waals surface area contributed by atoms with Gasteiger partial charge >= 0.3 is 6.01 Å². The van der Waals surface area contributed by atoms with Gasteiger partial charge in [0.05, 0.1) is 6.61 Å². The van der Waals surface area contributed by atoms with Crippen molar-refractivity contribution in [3.8, 4) is 6.01 Å². The maximum atomic E-state index is 5.86. The molecule has 0 saturated heterocycles. The summed E-state index contributed by atoms with van der Waals surface area (Å²) in [5.41, 5.74) is 0.323. The molecule has 1 aromatic heterocycles.